The molecule has 0 aliphatic heterocycles. The second-order valence-corrected chi connectivity index (χ2v) is 11.7. The van der Waals surface area contributed by atoms with Gasteiger partial charge in [-0.3, -0.25) is 9.10 Å². The molecule has 0 saturated heterocycles. The molecule has 0 atom stereocenters. The Hall–Kier alpha value is -3.94. The lowest BCUT2D eigenvalue weighted by Crippen LogP contribution is -2.36. The number of anilines is 4. The van der Waals surface area contributed by atoms with E-state index in [-0.39, 0.29) is 29.8 Å². The fraction of sp³-hybridized carbons (Fsp3) is 0.385. The number of rotatable bonds is 11. The summed E-state index contributed by atoms with van der Waals surface area (Å²) in [7, 11) is -2.35. The van der Waals surface area contributed by atoms with Crippen LogP contribution in [0.15, 0.2) is 48.8 Å². The number of nitrogens with zero attached hydrogens (tertiary/aromatic N) is 4. The molecule has 14 heteroatoms. The highest BCUT2D eigenvalue weighted by Crippen LogP contribution is 2.40. The predicted molar refractivity (Wildman–Crippen MR) is 146 cm³/mol. The Bertz CT molecular complexity index is 1490. The van der Waals surface area contributed by atoms with Crippen molar-refractivity contribution >= 4 is 39.2 Å². The predicted octanol–water partition coefficient (Wildman–Crippen LogP) is 4.70. The molecule has 1 amide bonds. The van der Waals surface area contributed by atoms with E-state index < -0.39 is 27.6 Å². The number of hydrogen-bond acceptors (Lipinski definition) is 8. The van der Waals surface area contributed by atoms with Crippen LogP contribution in [0.4, 0.5) is 36.4 Å². The molecule has 1 saturated carbocycles. The Morgan fingerprint density at radius 3 is 2.55 bits per heavy atom. The van der Waals surface area contributed by atoms with Crippen LogP contribution in [-0.4, -0.2) is 48.1 Å². The maximum atomic E-state index is 13.7. The van der Waals surface area contributed by atoms with Crippen molar-refractivity contribution in [1.82, 2.24) is 20.3 Å². The number of amides is 1. The number of benzene rings is 1. The van der Waals surface area contributed by atoms with E-state index in [0.717, 1.165) is 36.2 Å². The maximum absolute atomic E-state index is 13.7. The summed E-state index contributed by atoms with van der Waals surface area (Å²) < 4.78 is 66.2. The molecule has 2 heterocycles. The molecule has 1 aromatic carbocycles. The zero-order valence-corrected chi connectivity index (χ0v) is 23.0. The van der Waals surface area contributed by atoms with Gasteiger partial charge in [0.15, 0.2) is 0 Å². The van der Waals surface area contributed by atoms with Gasteiger partial charge in [-0.05, 0) is 43.5 Å². The van der Waals surface area contributed by atoms with Gasteiger partial charge in [0.1, 0.15) is 17.2 Å². The van der Waals surface area contributed by atoms with Gasteiger partial charge in [-0.1, -0.05) is 25.5 Å². The van der Waals surface area contributed by atoms with Crippen molar-refractivity contribution in [1.29, 1.82) is 0 Å². The van der Waals surface area contributed by atoms with Crippen molar-refractivity contribution in [3.8, 4) is 0 Å². The Labute approximate surface area is 230 Å². The molecule has 1 aliphatic rings. The van der Waals surface area contributed by atoms with E-state index in [0.29, 0.717) is 23.0 Å². The second-order valence-electron chi connectivity index (χ2n) is 9.71. The van der Waals surface area contributed by atoms with Crippen LogP contribution >= 0.6 is 0 Å². The van der Waals surface area contributed by atoms with Crippen LogP contribution in [0.5, 0.6) is 0 Å². The van der Waals surface area contributed by atoms with Crippen LogP contribution < -0.4 is 20.3 Å². The van der Waals surface area contributed by atoms with E-state index in [9.17, 15) is 26.4 Å². The zero-order valence-electron chi connectivity index (χ0n) is 22.2. The lowest BCUT2D eigenvalue weighted by molar-refractivity contribution is -0.137. The number of halogens is 3. The summed E-state index contributed by atoms with van der Waals surface area (Å²) in [5.74, 6) is -0.791. The summed E-state index contributed by atoms with van der Waals surface area (Å²) in [4.78, 5) is 24.7. The number of hydrogen-bond donors (Lipinski definition) is 3. The highest BCUT2D eigenvalue weighted by Gasteiger charge is 2.43. The quantitative estimate of drug-likeness (QED) is 0.299. The monoisotopic (exact) mass is 577 g/mol. The molecule has 2 aromatic heterocycles. The first-order valence-corrected chi connectivity index (χ1v) is 14.4. The van der Waals surface area contributed by atoms with Gasteiger partial charge in [-0.25, -0.2) is 18.4 Å². The number of sulfonamides is 1. The molecule has 10 nitrogen and oxygen atoms in total. The van der Waals surface area contributed by atoms with Gasteiger partial charge in [0.25, 0.3) is 5.91 Å². The summed E-state index contributed by atoms with van der Waals surface area (Å²) >= 11 is 0. The van der Waals surface area contributed by atoms with Crippen molar-refractivity contribution in [3.63, 3.8) is 0 Å². The summed E-state index contributed by atoms with van der Waals surface area (Å²) in [5, 5.41) is 8.59. The Morgan fingerprint density at radius 2 is 1.90 bits per heavy atom. The third kappa shape index (κ3) is 6.97. The molecule has 3 aromatic rings. The minimum atomic E-state index is -4.75. The topological polar surface area (TPSA) is 129 Å². The molecule has 0 radical (unpaired) electrons. The lowest BCUT2D eigenvalue weighted by Gasteiger charge is -2.20. The van der Waals surface area contributed by atoms with Crippen LogP contribution in [0.25, 0.3) is 0 Å². The molecule has 0 spiro atoms. The first kappa shape index (κ1) is 29.1. The Morgan fingerprint density at radius 1 is 1.15 bits per heavy atom. The van der Waals surface area contributed by atoms with E-state index >= 15 is 0 Å². The molecular weight excluding hydrogens is 547 g/mol. The summed E-state index contributed by atoms with van der Waals surface area (Å²) in [6, 6.07) is 9.63. The Balaban J connectivity index is 1.55. The third-order valence-electron chi connectivity index (χ3n) is 6.55. The number of aromatic nitrogens is 3. The van der Waals surface area contributed by atoms with Gasteiger partial charge in [-0.2, -0.15) is 18.2 Å². The Kier molecular flexibility index (Phi) is 8.19. The molecule has 3 N–H and O–H groups in total. The fourth-order valence-electron chi connectivity index (χ4n) is 4.22. The molecule has 0 bridgehead atoms. The van der Waals surface area contributed by atoms with Crippen LogP contribution in [0.2, 0.25) is 0 Å². The SMILES string of the molecule is CCCC1(NC(=O)c2cccc(Nc3ncc(C(F)(F)F)c(NCc4cccnc4N(C)S(C)(=O)=O)n3)c2)CC1. The van der Waals surface area contributed by atoms with Crippen molar-refractivity contribution in [3.05, 3.63) is 65.5 Å². The average molecular weight is 578 g/mol. The number of alkyl halides is 3. The fourth-order valence-corrected chi connectivity index (χ4v) is 4.70. The van der Waals surface area contributed by atoms with E-state index in [4.69, 9.17) is 0 Å². The van der Waals surface area contributed by atoms with Crippen LogP contribution in [0.1, 0.15) is 54.1 Å². The van der Waals surface area contributed by atoms with Gasteiger partial charge < -0.3 is 16.0 Å². The van der Waals surface area contributed by atoms with Gasteiger partial charge >= 0.3 is 6.18 Å². The molecule has 4 rings (SSSR count). The van der Waals surface area contributed by atoms with E-state index in [1.165, 1.54) is 13.2 Å². The van der Waals surface area contributed by atoms with Crippen molar-refractivity contribution in [2.24, 2.45) is 0 Å². The minimum absolute atomic E-state index is 0.0699. The first-order chi connectivity index (χ1) is 18.8. The van der Waals surface area contributed by atoms with Gasteiger partial charge in [0.05, 0.1) is 6.26 Å². The number of pyridine rings is 1. The number of carbonyl (C=O) groups excluding carboxylic acids is 1. The van der Waals surface area contributed by atoms with Gasteiger partial charge in [0, 0.05) is 48.3 Å². The zero-order chi connectivity index (χ0) is 29.1. The average Bonchev–Trinajstić information content (AvgIpc) is 3.65. The minimum Gasteiger partial charge on any atom is -0.365 e. The lowest BCUT2D eigenvalue weighted by atomic mass is 10.1. The molecule has 40 heavy (non-hydrogen) atoms. The molecule has 0 unspecified atom stereocenters. The molecule has 214 valence electrons. The number of carbonyl (C=O) groups is 1. The van der Waals surface area contributed by atoms with Crippen molar-refractivity contribution < 1.29 is 26.4 Å². The van der Waals surface area contributed by atoms with Crippen LogP contribution in [0.3, 0.4) is 0 Å². The molecule has 1 aliphatic carbocycles. The van der Waals surface area contributed by atoms with Gasteiger partial charge in [0.2, 0.25) is 16.0 Å². The molecule has 1 fully saturated rings. The van der Waals surface area contributed by atoms with Crippen molar-refractivity contribution in [2.45, 2.75) is 50.9 Å². The largest absolute Gasteiger partial charge is 0.421 e. The summed E-state index contributed by atoms with van der Waals surface area (Å²) in [6.07, 6.45) is 2.01. The highest BCUT2D eigenvalue weighted by molar-refractivity contribution is 7.92. The summed E-state index contributed by atoms with van der Waals surface area (Å²) in [5.41, 5.74) is -0.0956. The van der Waals surface area contributed by atoms with E-state index in [1.54, 1.807) is 36.4 Å². The normalized spacial score (nSPS) is 14.3. The summed E-state index contributed by atoms with van der Waals surface area (Å²) in [6.45, 7) is 1.87. The van der Waals surface area contributed by atoms with Gasteiger partial charge in [-0.15, -0.1) is 0 Å². The van der Waals surface area contributed by atoms with Crippen LogP contribution in [-0.2, 0) is 22.7 Å². The van der Waals surface area contributed by atoms with E-state index in [1.807, 2.05) is 0 Å². The standard InChI is InChI=1S/C26H30F3N7O3S/c1-4-10-25(11-12-25)35-23(37)17-7-5-9-19(14-17)33-24-32-16-20(26(27,28)29)21(34-24)31-15-18-8-6-13-30-22(18)36(2)40(3,38)39/h5-9,13-14,16H,4,10-12,15H2,1-3H3,(H,35,37)(H2,31,32,33,34). The first-order valence-electron chi connectivity index (χ1n) is 12.6. The highest BCUT2D eigenvalue weighted by atomic mass is 32.2. The smallest absolute Gasteiger partial charge is 0.365 e. The van der Waals surface area contributed by atoms with E-state index in [2.05, 4.69) is 37.8 Å². The maximum Gasteiger partial charge on any atom is 0.421 e. The number of nitrogens with one attached hydrogen (secondary N) is 3. The third-order valence-corrected chi connectivity index (χ3v) is 7.71. The second kappa shape index (κ2) is 11.3. The van der Waals surface area contributed by atoms with Crippen molar-refractivity contribution in [2.75, 3.05) is 28.2 Å². The van der Waals surface area contributed by atoms with Crippen LogP contribution in [0, 0.1) is 0 Å². The molecular formula is C26H30F3N7O3S.